The lowest BCUT2D eigenvalue weighted by molar-refractivity contribution is 0.0513. The van der Waals surface area contributed by atoms with Crippen LogP contribution in [0, 0.1) is 12.7 Å². The van der Waals surface area contributed by atoms with E-state index in [1.54, 1.807) is 24.7 Å². The lowest BCUT2D eigenvalue weighted by Gasteiger charge is -2.04. The largest absolute Gasteiger partial charge is 0.461 e. The van der Waals surface area contributed by atoms with Gasteiger partial charge in [0.15, 0.2) is 11.5 Å². The molecule has 0 aromatic carbocycles. The van der Waals surface area contributed by atoms with Crippen LogP contribution in [0.1, 0.15) is 23.1 Å². The van der Waals surface area contributed by atoms with Crippen molar-refractivity contribution in [3.63, 3.8) is 0 Å². The molecule has 0 saturated heterocycles. The zero-order valence-corrected chi connectivity index (χ0v) is 10.8. The van der Waals surface area contributed by atoms with Crippen LogP contribution in [-0.4, -0.2) is 32.3 Å². The second-order valence-electron chi connectivity index (χ2n) is 3.90. The minimum atomic E-state index is -0.820. The van der Waals surface area contributed by atoms with Gasteiger partial charge in [-0.2, -0.15) is 5.10 Å². The van der Waals surface area contributed by atoms with Crippen molar-refractivity contribution < 1.29 is 13.9 Å². The van der Waals surface area contributed by atoms with Gasteiger partial charge in [-0.05, 0) is 19.9 Å². The van der Waals surface area contributed by atoms with Crippen LogP contribution in [0.25, 0.3) is 11.4 Å². The summed E-state index contributed by atoms with van der Waals surface area (Å²) in [6.45, 7) is 3.63. The number of aryl methyl sites for hydroxylation is 2. The fourth-order valence-corrected chi connectivity index (χ4v) is 1.57. The van der Waals surface area contributed by atoms with Gasteiger partial charge < -0.3 is 4.74 Å². The molecule has 19 heavy (non-hydrogen) atoms. The molecule has 0 unspecified atom stereocenters. The third kappa shape index (κ3) is 2.44. The third-order valence-electron chi connectivity index (χ3n) is 2.61. The van der Waals surface area contributed by atoms with E-state index in [-0.39, 0.29) is 18.0 Å². The summed E-state index contributed by atoms with van der Waals surface area (Å²) in [5, 5.41) is 4.12. The molecule has 0 radical (unpaired) electrons. The number of ether oxygens (including phenoxy) is 1. The van der Waals surface area contributed by atoms with Crippen molar-refractivity contribution in [2.75, 3.05) is 6.61 Å². The fourth-order valence-electron chi connectivity index (χ4n) is 1.57. The number of hydrogen-bond donors (Lipinski definition) is 0. The number of rotatable bonds is 3. The molecule has 7 heteroatoms. The molecule has 2 aromatic heterocycles. The van der Waals surface area contributed by atoms with Crippen molar-refractivity contribution in [1.29, 1.82) is 0 Å². The van der Waals surface area contributed by atoms with Gasteiger partial charge in [0.25, 0.3) is 0 Å². The number of aromatic nitrogens is 4. The van der Waals surface area contributed by atoms with E-state index in [9.17, 15) is 9.18 Å². The van der Waals surface area contributed by atoms with Crippen molar-refractivity contribution in [3.8, 4) is 11.4 Å². The standard InChI is InChI=1S/C12H13FN4O2/c1-4-19-12(18)11-9(13)10(14-6-15-11)8-5-7(2)17(3)16-8/h5-6H,4H2,1-3H3. The molecule has 0 aliphatic carbocycles. The smallest absolute Gasteiger partial charge is 0.360 e. The lowest BCUT2D eigenvalue weighted by atomic mass is 10.2. The highest BCUT2D eigenvalue weighted by Gasteiger charge is 2.21. The van der Waals surface area contributed by atoms with Crippen molar-refractivity contribution >= 4 is 5.97 Å². The number of nitrogens with zero attached hydrogens (tertiary/aromatic N) is 4. The number of carbonyl (C=O) groups excluding carboxylic acids is 1. The van der Waals surface area contributed by atoms with Gasteiger partial charge in [-0.1, -0.05) is 0 Å². The van der Waals surface area contributed by atoms with Crippen LogP contribution in [0.3, 0.4) is 0 Å². The fraction of sp³-hybridized carbons (Fsp3) is 0.333. The normalized spacial score (nSPS) is 10.5. The summed E-state index contributed by atoms with van der Waals surface area (Å²) >= 11 is 0. The Labute approximate surface area is 109 Å². The topological polar surface area (TPSA) is 69.9 Å². The number of carbonyl (C=O) groups is 1. The Balaban J connectivity index is 2.48. The maximum atomic E-state index is 14.2. The van der Waals surface area contributed by atoms with Crippen molar-refractivity contribution in [1.82, 2.24) is 19.7 Å². The molecule has 0 spiro atoms. The predicted octanol–water partition coefficient (Wildman–Crippen LogP) is 1.50. The van der Waals surface area contributed by atoms with Gasteiger partial charge in [0.05, 0.1) is 6.61 Å². The average molecular weight is 264 g/mol. The van der Waals surface area contributed by atoms with Gasteiger partial charge in [-0.3, -0.25) is 4.68 Å². The number of esters is 1. The predicted molar refractivity (Wildman–Crippen MR) is 64.9 cm³/mol. The van der Waals surface area contributed by atoms with Crippen LogP contribution in [0.2, 0.25) is 0 Å². The molecule has 2 heterocycles. The molecule has 100 valence electrons. The van der Waals surface area contributed by atoms with E-state index >= 15 is 0 Å². The van der Waals surface area contributed by atoms with Gasteiger partial charge in [0.2, 0.25) is 0 Å². The maximum Gasteiger partial charge on any atom is 0.360 e. The third-order valence-corrected chi connectivity index (χ3v) is 2.61. The summed E-state index contributed by atoms with van der Waals surface area (Å²) in [4.78, 5) is 19.0. The zero-order chi connectivity index (χ0) is 14.0. The highest BCUT2D eigenvalue weighted by Crippen LogP contribution is 2.21. The van der Waals surface area contributed by atoms with Gasteiger partial charge >= 0.3 is 5.97 Å². The van der Waals surface area contributed by atoms with Crippen LogP contribution in [0.15, 0.2) is 12.4 Å². The first-order chi connectivity index (χ1) is 9.04. The molecule has 6 nitrogen and oxygen atoms in total. The maximum absolute atomic E-state index is 14.2. The monoisotopic (exact) mass is 264 g/mol. The average Bonchev–Trinajstić information content (AvgIpc) is 2.70. The molecule has 0 aliphatic heterocycles. The quantitative estimate of drug-likeness (QED) is 0.786. The van der Waals surface area contributed by atoms with Crippen molar-refractivity contribution in [2.45, 2.75) is 13.8 Å². The summed E-state index contributed by atoms with van der Waals surface area (Å²) in [6.07, 6.45) is 1.12. The van der Waals surface area contributed by atoms with E-state index in [2.05, 4.69) is 15.1 Å². The Morgan fingerprint density at radius 2 is 2.21 bits per heavy atom. The Bertz CT molecular complexity index is 605. The molecule has 0 fully saturated rings. The zero-order valence-electron chi connectivity index (χ0n) is 10.8. The second kappa shape index (κ2) is 5.13. The summed E-state index contributed by atoms with van der Waals surface area (Å²) in [7, 11) is 1.74. The minimum Gasteiger partial charge on any atom is -0.461 e. The van der Waals surface area contributed by atoms with Gasteiger partial charge in [-0.15, -0.1) is 0 Å². The molecule has 2 aromatic rings. The van der Waals surface area contributed by atoms with E-state index < -0.39 is 11.8 Å². The van der Waals surface area contributed by atoms with Crippen molar-refractivity contribution in [2.24, 2.45) is 7.05 Å². The highest BCUT2D eigenvalue weighted by molar-refractivity contribution is 5.88. The van der Waals surface area contributed by atoms with Crippen LogP contribution in [0.5, 0.6) is 0 Å². The second-order valence-corrected chi connectivity index (χ2v) is 3.90. The number of hydrogen-bond acceptors (Lipinski definition) is 5. The molecule has 0 N–H and O–H groups in total. The van der Waals surface area contributed by atoms with Gasteiger partial charge in [0.1, 0.15) is 17.7 Å². The summed E-state index contributed by atoms with van der Waals surface area (Å²) in [5.41, 5.74) is 0.813. The van der Waals surface area contributed by atoms with Crippen LogP contribution in [0.4, 0.5) is 4.39 Å². The molecular formula is C12H13FN4O2. The van der Waals surface area contributed by atoms with Crippen LogP contribution >= 0.6 is 0 Å². The molecule has 2 rings (SSSR count). The minimum absolute atomic E-state index is 0.0123. The number of halogens is 1. The summed E-state index contributed by atoms with van der Waals surface area (Å²) < 4.78 is 20.5. The first-order valence-corrected chi connectivity index (χ1v) is 5.73. The molecular weight excluding hydrogens is 251 g/mol. The van der Waals surface area contributed by atoms with E-state index in [1.807, 2.05) is 6.92 Å². The lowest BCUT2D eigenvalue weighted by Crippen LogP contribution is -2.11. The van der Waals surface area contributed by atoms with Gasteiger partial charge in [0, 0.05) is 12.7 Å². The molecule has 0 saturated carbocycles. The van der Waals surface area contributed by atoms with E-state index in [0.717, 1.165) is 12.0 Å². The van der Waals surface area contributed by atoms with Gasteiger partial charge in [-0.25, -0.2) is 19.2 Å². The Hall–Kier alpha value is -2.31. The molecule has 0 amide bonds. The Morgan fingerprint density at radius 1 is 1.47 bits per heavy atom. The van der Waals surface area contributed by atoms with Crippen LogP contribution < -0.4 is 0 Å². The molecule has 0 atom stereocenters. The van der Waals surface area contributed by atoms with Crippen LogP contribution in [-0.2, 0) is 11.8 Å². The first-order valence-electron chi connectivity index (χ1n) is 5.73. The van der Waals surface area contributed by atoms with Crippen molar-refractivity contribution in [3.05, 3.63) is 29.6 Å². The highest BCUT2D eigenvalue weighted by atomic mass is 19.1. The van der Waals surface area contributed by atoms with E-state index in [0.29, 0.717) is 5.69 Å². The summed E-state index contributed by atoms with van der Waals surface area (Å²) in [6, 6.07) is 1.68. The van der Waals surface area contributed by atoms with E-state index in [4.69, 9.17) is 4.74 Å². The molecule has 0 bridgehead atoms. The first kappa shape index (κ1) is 13.1. The summed E-state index contributed by atoms with van der Waals surface area (Å²) in [5.74, 6) is -1.63. The Morgan fingerprint density at radius 3 is 2.79 bits per heavy atom. The SMILES string of the molecule is CCOC(=O)c1ncnc(-c2cc(C)n(C)n2)c1F. The Kier molecular flexibility index (Phi) is 3.55. The van der Waals surface area contributed by atoms with E-state index in [1.165, 1.54) is 0 Å². The molecule has 0 aliphatic rings.